The van der Waals surface area contributed by atoms with Gasteiger partial charge in [-0.3, -0.25) is 4.79 Å². The Balaban J connectivity index is 0.00000169. The molecule has 4 nitrogen and oxygen atoms in total. The predicted octanol–water partition coefficient (Wildman–Crippen LogP) is 2.22. The number of hydrogen-bond donors (Lipinski definition) is 2. The molecule has 0 aromatic heterocycles. The summed E-state index contributed by atoms with van der Waals surface area (Å²) < 4.78 is 5.17. The van der Waals surface area contributed by atoms with Crippen LogP contribution >= 0.6 is 0 Å². The van der Waals surface area contributed by atoms with Crippen molar-refractivity contribution in [2.45, 2.75) is 45.1 Å². The van der Waals surface area contributed by atoms with Crippen LogP contribution in [0.3, 0.4) is 0 Å². The van der Waals surface area contributed by atoms with E-state index in [1.165, 1.54) is 0 Å². The van der Waals surface area contributed by atoms with Gasteiger partial charge in [0.2, 0.25) is 0 Å². The van der Waals surface area contributed by atoms with Crippen LogP contribution in [-0.4, -0.2) is 24.3 Å². The van der Waals surface area contributed by atoms with E-state index in [4.69, 9.17) is 4.74 Å². The first kappa shape index (κ1) is 13.4. The van der Waals surface area contributed by atoms with Crippen molar-refractivity contribution in [3.63, 3.8) is 0 Å². The molecular formula is C10H21NO3. The molecule has 4 heteroatoms. The van der Waals surface area contributed by atoms with Crippen molar-refractivity contribution in [3.8, 4) is 0 Å². The zero-order valence-electron chi connectivity index (χ0n) is 9.08. The Morgan fingerprint density at radius 2 is 1.86 bits per heavy atom. The molecule has 0 saturated heterocycles. The summed E-state index contributed by atoms with van der Waals surface area (Å²) in [6.45, 7) is 1.86. The summed E-state index contributed by atoms with van der Waals surface area (Å²) in [5, 5.41) is 9.21. The molecule has 1 fully saturated rings. The highest BCUT2D eigenvalue weighted by Gasteiger charge is 2.44. The molecule has 1 unspecified atom stereocenters. The summed E-state index contributed by atoms with van der Waals surface area (Å²) in [7, 11) is 1.59. The van der Waals surface area contributed by atoms with Crippen LogP contribution < -0.4 is 6.15 Å². The van der Waals surface area contributed by atoms with Gasteiger partial charge in [0.05, 0.1) is 11.5 Å². The molecule has 0 bridgehead atoms. The Labute approximate surface area is 85.2 Å². The van der Waals surface area contributed by atoms with Crippen molar-refractivity contribution >= 4 is 5.97 Å². The lowest BCUT2D eigenvalue weighted by atomic mass is 9.70. The van der Waals surface area contributed by atoms with Gasteiger partial charge in [-0.05, 0) is 19.8 Å². The maximum Gasteiger partial charge on any atom is 0.312 e. The SMILES string of the molecule is COC(C)C1(C(=O)O)CCCCC1.N. The quantitative estimate of drug-likeness (QED) is 0.736. The molecule has 0 aromatic carbocycles. The van der Waals surface area contributed by atoms with Crippen LogP contribution in [0.1, 0.15) is 39.0 Å². The van der Waals surface area contributed by atoms with Gasteiger partial charge in [-0.1, -0.05) is 19.3 Å². The van der Waals surface area contributed by atoms with Crippen LogP contribution in [0, 0.1) is 5.41 Å². The summed E-state index contributed by atoms with van der Waals surface area (Å²) in [6, 6.07) is 0. The third-order valence-electron chi connectivity index (χ3n) is 3.30. The van der Waals surface area contributed by atoms with E-state index in [1.54, 1.807) is 7.11 Å². The molecule has 14 heavy (non-hydrogen) atoms. The smallest absolute Gasteiger partial charge is 0.312 e. The number of carboxylic acid groups (broad SMARTS) is 1. The number of methoxy groups -OCH3 is 1. The highest BCUT2D eigenvalue weighted by molar-refractivity contribution is 5.75. The molecule has 0 heterocycles. The predicted molar refractivity (Wildman–Crippen MR) is 54.6 cm³/mol. The molecule has 0 radical (unpaired) electrons. The van der Waals surface area contributed by atoms with Crippen molar-refractivity contribution in [3.05, 3.63) is 0 Å². The minimum atomic E-state index is -0.693. The van der Waals surface area contributed by atoms with Gasteiger partial charge in [-0.15, -0.1) is 0 Å². The highest BCUT2D eigenvalue weighted by Crippen LogP contribution is 2.40. The maximum absolute atomic E-state index is 11.2. The van der Waals surface area contributed by atoms with E-state index in [9.17, 15) is 9.90 Å². The Bertz CT molecular complexity index is 188. The molecule has 1 saturated carbocycles. The van der Waals surface area contributed by atoms with E-state index in [1.807, 2.05) is 6.92 Å². The molecule has 0 spiro atoms. The standard InChI is InChI=1S/C10H18O3.H3N/c1-8(13-2)10(9(11)12)6-4-3-5-7-10;/h8H,3-7H2,1-2H3,(H,11,12);1H3. The summed E-state index contributed by atoms with van der Waals surface area (Å²) in [5.41, 5.74) is -0.618. The van der Waals surface area contributed by atoms with Crippen LogP contribution in [0.5, 0.6) is 0 Å². The van der Waals surface area contributed by atoms with Crippen LogP contribution in [0.25, 0.3) is 0 Å². The zero-order valence-corrected chi connectivity index (χ0v) is 9.08. The first-order chi connectivity index (χ1) is 6.13. The van der Waals surface area contributed by atoms with Crippen LogP contribution in [0.2, 0.25) is 0 Å². The molecule has 1 aliphatic rings. The number of ether oxygens (including phenoxy) is 1. The van der Waals surface area contributed by atoms with Gasteiger partial charge in [-0.2, -0.15) is 0 Å². The van der Waals surface area contributed by atoms with Crippen molar-refractivity contribution in [2.24, 2.45) is 5.41 Å². The fourth-order valence-corrected chi connectivity index (χ4v) is 2.20. The Morgan fingerprint density at radius 3 is 2.21 bits per heavy atom. The fourth-order valence-electron chi connectivity index (χ4n) is 2.20. The minimum Gasteiger partial charge on any atom is -0.481 e. The minimum absolute atomic E-state index is 0. The zero-order chi connectivity index (χ0) is 9.90. The molecule has 1 rings (SSSR count). The van der Waals surface area contributed by atoms with Gasteiger partial charge in [-0.25, -0.2) is 0 Å². The van der Waals surface area contributed by atoms with Gasteiger partial charge < -0.3 is 16.0 Å². The Hall–Kier alpha value is -0.610. The normalized spacial score (nSPS) is 22.1. The van der Waals surface area contributed by atoms with Crippen LogP contribution in [0.15, 0.2) is 0 Å². The van der Waals surface area contributed by atoms with Gasteiger partial charge in [0.1, 0.15) is 0 Å². The molecule has 1 aliphatic carbocycles. The molecule has 1 atom stereocenters. The molecule has 84 valence electrons. The summed E-state index contributed by atoms with van der Waals surface area (Å²) in [5.74, 6) is -0.693. The van der Waals surface area contributed by atoms with Crippen LogP contribution in [-0.2, 0) is 9.53 Å². The summed E-state index contributed by atoms with van der Waals surface area (Å²) >= 11 is 0. The Kier molecular flexibility index (Phi) is 5.08. The fraction of sp³-hybridized carbons (Fsp3) is 0.900. The molecule has 0 aliphatic heterocycles. The molecule has 0 amide bonds. The van der Waals surface area contributed by atoms with Gasteiger partial charge in [0.15, 0.2) is 0 Å². The monoisotopic (exact) mass is 203 g/mol. The van der Waals surface area contributed by atoms with Crippen molar-refractivity contribution in [2.75, 3.05) is 7.11 Å². The maximum atomic E-state index is 11.2. The molecular weight excluding hydrogens is 182 g/mol. The Morgan fingerprint density at radius 1 is 1.36 bits per heavy atom. The average molecular weight is 203 g/mol. The summed E-state index contributed by atoms with van der Waals surface area (Å²) in [6.07, 6.45) is 4.53. The molecule has 0 aromatic rings. The van der Waals surface area contributed by atoms with Gasteiger partial charge >= 0.3 is 5.97 Å². The first-order valence-corrected chi connectivity index (χ1v) is 4.89. The number of aliphatic carboxylic acids is 1. The van der Waals surface area contributed by atoms with Gasteiger partial charge in [0.25, 0.3) is 0 Å². The first-order valence-electron chi connectivity index (χ1n) is 4.89. The van der Waals surface area contributed by atoms with E-state index in [0.717, 1.165) is 32.1 Å². The second kappa shape index (κ2) is 5.32. The lowest BCUT2D eigenvalue weighted by molar-refractivity contribution is -0.160. The number of carboxylic acids is 1. The van der Waals surface area contributed by atoms with E-state index in [-0.39, 0.29) is 12.3 Å². The lowest BCUT2D eigenvalue weighted by Crippen LogP contribution is -2.43. The topological polar surface area (TPSA) is 81.5 Å². The van der Waals surface area contributed by atoms with Crippen molar-refractivity contribution in [1.29, 1.82) is 0 Å². The summed E-state index contributed by atoms with van der Waals surface area (Å²) in [4.78, 5) is 11.2. The van der Waals surface area contributed by atoms with Crippen LogP contribution in [0.4, 0.5) is 0 Å². The number of hydrogen-bond acceptors (Lipinski definition) is 3. The number of rotatable bonds is 3. The van der Waals surface area contributed by atoms with E-state index >= 15 is 0 Å². The van der Waals surface area contributed by atoms with E-state index < -0.39 is 11.4 Å². The van der Waals surface area contributed by atoms with E-state index in [0.29, 0.717) is 0 Å². The number of carbonyl (C=O) groups is 1. The highest BCUT2D eigenvalue weighted by atomic mass is 16.5. The van der Waals surface area contributed by atoms with Gasteiger partial charge in [0, 0.05) is 7.11 Å². The largest absolute Gasteiger partial charge is 0.481 e. The molecule has 4 N–H and O–H groups in total. The van der Waals surface area contributed by atoms with Crippen molar-refractivity contribution in [1.82, 2.24) is 6.15 Å². The van der Waals surface area contributed by atoms with Crippen molar-refractivity contribution < 1.29 is 14.6 Å². The lowest BCUT2D eigenvalue weighted by Gasteiger charge is -2.37. The second-order valence-corrected chi connectivity index (χ2v) is 3.90. The second-order valence-electron chi connectivity index (χ2n) is 3.90. The third-order valence-corrected chi connectivity index (χ3v) is 3.30. The van der Waals surface area contributed by atoms with E-state index in [2.05, 4.69) is 0 Å². The third kappa shape index (κ3) is 2.25. The average Bonchev–Trinajstić information content (AvgIpc) is 2.17.